The first-order chi connectivity index (χ1) is 14.1. The summed E-state index contributed by atoms with van der Waals surface area (Å²) in [6.07, 6.45) is 0. The molecule has 2 aromatic carbocycles. The molecule has 0 saturated carbocycles. The van der Waals surface area contributed by atoms with Crippen molar-refractivity contribution in [3.05, 3.63) is 59.4 Å². The van der Waals surface area contributed by atoms with E-state index in [1.54, 1.807) is 20.8 Å². The molecule has 1 aromatic heterocycles. The Hall–Kier alpha value is -3.25. The molecule has 0 spiro atoms. The highest BCUT2D eigenvalue weighted by Gasteiger charge is 2.21. The number of sulfonamides is 1. The average Bonchev–Trinajstić information content (AvgIpc) is 3.08. The molecule has 0 aliphatic rings. The van der Waals surface area contributed by atoms with Crippen LogP contribution in [0.25, 0.3) is 5.69 Å². The van der Waals surface area contributed by atoms with Gasteiger partial charge in [0.2, 0.25) is 10.0 Å². The zero-order chi connectivity index (χ0) is 22.1. The Morgan fingerprint density at radius 2 is 1.80 bits per heavy atom. The Labute approximate surface area is 171 Å². The van der Waals surface area contributed by atoms with Crippen molar-refractivity contribution in [1.82, 2.24) is 24.9 Å². The minimum absolute atomic E-state index is 0.250. The number of tetrazole rings is 1. The first-order valence-electron chi connectivity index (χ1n) is 8.76. The zero-order valence-electron chi connectivity index (χ0n) is 16.2. The molecule has 0 aliphatic carbocycles. The molecule has 3 rings (SSSR count). The summed E-state index contributed by atoms with van der Waals surface area (Å²) in [4.78, 5) is 12.3. The van der Waals surface area contributed by atoms with Crippen LogP contribution in [0.2, 0.25) is 0 Å². The van der Waals surface area contributed by atoms with E-state index in [1.165, 1.54) is 16.8 Å². The number of aryl methyl sites for hydroxylation is 1. The second-order valence-electron chi connectivity index (χ2n) is 6.67. The van der Waals surface area contributed by atoms with Gasteiger partial charge in [0.05, 0.1) is 21.8 Å². The Kier molecular flexibility index (Phi) is 5.89. The number of amides is 1. The average molecular weight is 436 g/mol. The first-order valence-corrected chi connectivity index (χ1v) is 10.2. The fraction of sp³-hybridized carbons (Fsp3) is 0.222. The van der Waals surface area contributed by atoms with Gasteiger partial charge in [-0.2, -0.15) is 4.68 Å². The van der Waals surface area contributed by atoms with Crippen LogP contribution in [0.1, 0.15) is 30.0 Å². The van der Waals surface area contributed by atoms with Crippen molar-refractivity contribution in [3.63, 3.8) is 0 Å². The smallest absolute Gasteiger partial charge is 0.258 e. The van der Waals surface area contributed by atoms with Gasteiger partial charge in [0.25, 0.3) is 5.91 Å². The normalized spacial score (nSPS) is 11.7. The van der Waals surface area contributed by atoms with E-state index in [9.17, 15) is 22.0 Å². The number of benzene rings is 2. The molecule has 12 heteroatoms. The lowest BCUT2D eigenvalue weighted by atomic mass is 10.2. The number of carbonyl (C=O) groups excluding carboxylic acids is 1. The highest BCUT2D eigenvalue weighted by Crippen LogP contribution is 2.22. The Morgan fingerprint density at radius 1 is 1.10 bits per heavy atom. The van der Waals surface area contributed by atoms with Crippen LogP contribution in [0.5, 0.6) is 0 Å². The zero-order valence-corrected chi connectivity index (χ0v) is 17.0. The van der Waals surface area contributed by atoms with Crippen LogP contribution in [0.4, 0.5) is 14.5 Å². The molecular formula is C18H18F2N6O3S. The SMILES string of the molecule is Cc1nnnn1-c1ccc(F)c(NC(=O)c2cc(S(=O)(=O)NC(C)C)ccc2F)c1. The maximum absolute atomic E-state index is 14.2. The number of hydrogen-bond donors (Lipinski definition) is 2. The number of anilines is 1. The molecule has 0 radical (unpaired) electrons. The molecule has 0 fully saturated rings. The summed E-state index contributed by atoms with van der Waals surface area (Å²) in [5.74, 6) is -2.31. The van der Waals surface area contributed by atoms with Crippen LogP contribution < -0.4 is 10.0 Å². The summed E-state index contributed by atoms with van der Waals surface area (Å²) in [5, 5.41) is 13.2. The summed E-state index contributed by atoms with van der Waals surface area (Å²) < 4.78 is 56.7. The van der Waals surface area contributed by atoms with E-state index >= 15 is 0 Å². The lowest BCUT2D eigenvalue weighted by Crippen LogP contribution is -2.30. The van der Waals surface area contributed by atoms with Gasteiger partial charge in [-0.05, 0) is 67.6 Å². The Bertz CT molecular complexity index is 1210. The maximum Gasteiger partial charge on any atom is 0.258 e. The number of carbonyl (C=O) groups is 1. The van der Waals surface area contributed by atoms with Crippen molar-refractivity contribution >= 4 is 21.6 Å². The summed E-state index contributed by atoms with van der Waals surface area (Å²) in [7, 11) is -3.95. The molecule has 158 valence electrons. The minimum atomic E-state index is -3.95. The second-order valence-corrected chi connectivity index (χ2v) is 8.39. The van der Waals surface area contributed by atoms with E-state index in [1.807, 2.05) is 0 Å². The van der Waals surface area contributed by atoms with Gasteiger partial charge in [-0.1, -0.05) is 0 Å². The van der Waals surface area contributed by atoms with Gasteiger partial charge in [0.15, 0.2) is 5.82 Å². The van der Waals surface area contributed by atoms with E-state index in [0.717, 1.165) is 24.3 Å². The van der Waals surface area contributed by atoms with E-state index < -0.39 is 39.2 Å². The van der Waals surface area contributed by atoms with Gasteiger partial charge >= 0.3 is 0 Å². The number of nitrogens with one attached hydrogen (secondary N) is 2. The third-order valence-electron chi connectivity index (χ3n) is 3.95. The van der Waals surface area contributed by atoms with E-state index in [4.69, 9.17) is 0 Å². The van der Waals surface area contributed by atoms with Gasteiger partial charge in [0, 0.05) is 6.04 Å². The monoisotopic (exact) mass is 436 g/mol. The van der Waals surface area contributed by atoms with Gasteiger partial charge < -0.3 is 5.32 Å². The molecule has 3 aromatic rings. The number of halogens is 2. The number of rotatable bonds is 6. The molecule has 0 bridgehead atoms. The fourth-order valence-electron chi connectivity index (χ4n) is 2.62. The predicted octanol–water partition coefficient (Wildman–Crippen LogP) is 2.19. The van der Waals surface area contributed by atoms with Crippen molar-refractivity contribution in [2.75, 3.05) is 5.32 Å². The number of hydrogen-bond acceptors (Lipinski definition) is 6. The fourth-order valence-corrected chi connectivity index (χ4v) is 3.90. The van der Waals surface area contributed by atoms with Crippen LogP contribution in [-0.2, 0) is 10.0 Å². The molecular weight excluding hydrogens is 418 g/mol. The highest BCUT2D eigenvalue weighted by molar-refractivity contribution is 7.89. The third-order valence-corrected chi connectivity index (χ3v) is 5.61. The summed E-state index contributed by atoms with van der Waals surface area (Å²) in [5.41, 5.74) is -0.433. The molecule has 0 unspecified atom stereocenters. The summed E-state index contributed by atoms with van der Waals surface area (Å²) in [6.45, 7) is 4.88. The lowest BCUT2D eigenvalue weighted by molar-refractivity contribution is 0.102. The van der Waals surface area contributed by atoms with Gasteiger partial charge in [-0.3, -0.25) is 4.79 Å². The van der Waals surface area contributed by atoms with Crippen LogP contribution in [-0.4, -0.2) is 40.6 Å². The van der Waals surface area contributed by atoms with E-state index in [0.29, 0.717) is 11.5 Å². The van der Waals surface area contributed by atoms with Gasteiger partial charge in [0.1, 0.15) is 11.6 Å². The second kappa shape index (κ2) is 8.24. The van der Waals surface area contributed by atoms with E-state index in [2.05, 4.69) is 25.6 Å². The molecule has 0 atom stereocenters. The van der Waals surface area contributed by atoms with Crippen LogP contribution in [0, 0.1) is 18.6 Å². The van der Waals surface area contributed by atoms with Crippen molar-refractivity contribution in [2.24, 2.45) is 0 Å². The molecule has 0 saturated heterocycles. The molecule has 30 heavy (non-hydrogen) atoms. The van der Waals surface area contributed by atoms with Crippen LogP contribution >= 0.6 is 0 Å². The Balaban J connectivity index is 1.93. The molecule has 0 aliphatic heterocycles. The van der Waals surface area contributed by atoms with Gasteiger partial charge in [-0.15, -0.1) is 5.10 Å². The minimum Gasteiger partial charge on any atom is -0.319 e. The molecule has 1 amide bonds. The van der Waals surface area contributed by atoms with Crippen molar-refractivity contribution in [2.45, 2.75) is 31.7 Å². The molecule has 1 heterocycles. The van der Waals surface area contributed by atoms with Crippen molar-refractivity contribution in [3.8, 4) is 5.69 Å². The quantitative estimate of drug-likeness (QED) is 0.611. The number of aromatic nitrogens is 4. The molecule has 2 N–H and O–H groups in total. The largest absolute Gasteiger partial charge is 0.319 e. The predicted molar refractivity (Wildman–Crippen MR) is 104 cm³/mol. The third kappa shape index (κ3) is 4.49. The van der Waals surface area contributed by atoms with Crippen LogP contribution in [0.3, 0.4) is 0 Å². The van der Waals surface area contributed by atoms with Crippen LogP contribution in [0.15, 0.2) is 41.3 Å². The number of nitrogens with zero attached hydrogens (tertiary/aromatic N) is 4. The Morgan fingerprint density at radius 3 is 2.43 bits per heavy atom. The van der Waals surface area contributed by atoms with Crippen molar-refractivity contribution < 1.29 is 22.0 Å². The van der Waals surface area contributed by atoms with Gasteiger partial charge in [-0.25, -0.2) is 21.9 Å². The van der Waals surface area contributed by atoms with E-state index in [-0.39, 0.29) is 10.6 Å². The summed E-state index contributed by atoms with van der Waals surface area (Å²) >= 11 is 0. The lowest BCUT2D eigenvalue weighted by Gasteiger charge is -2.12. The highest BCUT2D eigenvalue weighted by atomic mass is 32.2. The standard InChI is InChI=1S/C18H18F2N6O3S/c1-10(2)23-30(28,29)13-5-7-15(19)14(9-13)18(27)21-17-8-12(4-6-16(17)20)26-11(3)22-24-25-26/h4-10,23H,1-3H3,(H,21,27). The topological polar surface area (TPSA) is 119 Å². The first kappa shape index (κ1) is 21.5. The van der Waals surface area contributed by atoms with Crippen molar-refractivity contribution in [1.29, 1.82) is 0 Å². The maximum atomic E-state index is 14.2. The molecule has 9 nitrogen and oxygen atoms in total. The summed E-state index contributed by atoms with van der Waals surface area (Å²) in [6, 6.07) is 6.16.